The second-order valence-corrected chi connectivity index (χ2v) is 7.70. The average molecular weight is 297 g/mol. The van der Waals surface area contributed by atoms with Crippen LogP contribution in [-0.2, 0) is 4.79 Å². The molecule has 0 spiro atoms. The Kier molecular flexibility index (Phi) is 3.94. The van der Waals surface area contributed by atoms with E-state index in [1.165, 1.54) is 31.2 Å². The summed E-state index contributed by atoms with van der Waals surface area (Å²) in [5.74, 6) is 3.61. The van der Waals surface area contributed by atoms with Gasteiger partial charge in [0.2, 0.25) is 5.91 Å². The van der Waals surface area contributed by atoms with Gasteiger partial charge in [-0.1, -0.05) is 36.8 Å². The lowest BCUT2D eigenvalue weighted by Crippen LogP contribution is -2.39. The van der Waals surface area contributed by atoms with Gasteiger partial charge in [-0.05, 0) is 61.3 Å². The van der Waals surface area contributed by atoms with Crippen LogP contribution in [0.25, 0.3) is 0 Å². The average Bonchev–Trinajstić information content (AvgIpc) is 3.19. The Balaban J connectivity index is 1.29. The van der Waals surface area contributed by atoms with Crippen molar-refractivity contribution in [2.24, 2.45) is 17.8 Å². The number of amides is 1. The molecule has 3 unspecified atom stereocenters. The normalized spacial score (nSPS) is 31.6. The lowest BCUT2D eigenvalue weighted by Gasteiger charge is -2.33. The summed E-state index contributed by atoms with van der Waals surface area (Å²) in [6.45, 7) is 1.92. The third kappa shape index (κ3) is 2.80. The van der Waals surface area contributed by atoms with Gasteiger partial charge < -0.3 is 4.90 Å². The Morgan fingerprint density at radius 1 is 1.00 bits per heavy atom. The molecule has 0 aromatic heterocycles. The van der Waals surface area contributed by atoms with E-state index >= 15 is 0 Å². The Bertz CT molecular complexity index is 518. The topological polar surface area (TPSA) is 20.3 Å². The fraction of sp³-hybridized carbons (Fsp3) is 0.650. The van der Waals surface area contributed by atoms with Gasteiger partial charge in [0, 0.05) is 19.5 Å². The molecule has 1 aromatic carbocycles. The number of carbonyl (C=O) groups is 1. The minimum absolute atomic E-state index is 0.434. The van der Waals surface area contributed by atoms with E-state index in [2.05, 4.69) is 35.2 Å². The van der Waals surface area contributed by atoms with Crippen molar-refractivity contribution in [3.05, 3.63) is 35.9 Å². The highest BCUT2D eigenvalue weighted by Gasteiger charge is 2.40. The third-order valence-corrected chi connectivity index (χ3v) is 6.44. The van der Waals surface area contributed by atoms with Crippen molar-refractivity contribution >= 4 is 5.91 Å². The van der Waals surface area contributed by atoms with E-state index in [-0.39, 0.29) is 0 Å². The first kappa shape index (κ1) is 14.3. The van der Waals surface area contributed by atoms with Crippen LogP contribution in [0.1, 0.15) is 56.4 Å². The number of carbonyl (C=O) groups excluding carboxylic acids is 1. The molecular formula is C20H27NO. The van der Waals surface area contributed by atoms with Gasteiger partial charge in [-0.25, -0.2) is 0 Å². The van der Waals surface area contributed by atoms with Crippen molar-refractivity contribution in [3.8, 4) is 0 Å². The van der Waals surface area contributed by atoms with Gasteiger partial charge in [0.1, 0.15) is 0 Å². The maximum Gasteiger partial charge on any atom is 0.222 e. The minimum Gasteiger partial charge on any atom is -0.343 e. The molecule has 1 amide bonds. The summed E-state index contributed by atoms with van der Waals surface area (Å²) in [5.41, 5.74) is 1.45. The molecule has 1 aromatic rings. The highest BCUT2D eigenvalue weighted by atomic mass is 16.2. The van der Waals surface area contributed by atoms with Crippen LogP contribution in [-0.4, -0.2) is 23.9 Å². The van der Waals surface area contributed by atoms with Crippen LogP contribution in [0.5, 0.6) is 0 Å². The zero-order chi connectivity index (χ0) is 14.9. The van der Waals surface area contributed by atoms with Gasteiger partial charge in [-0.15, -0.1) is 0 Å². The van der Waals surface area contributed by atoms with E-state index in [9.17, 15) is 4.79 Å². The third-order valence-electron chi connectivity index (χ3n) is 6.44. The molecule has 0 N–H and O–H groups in total. The molecule has 0 radical (unpaired) electrons. The Hall–Kier alpha value is -1.31. The van der Waals surface area contributed by atoms with Crippen LogP contribution < -0.4 is 0 Å². The summed E-state index contributed by atoms with van der Waals surface area (Å²) in [6.07, 6.45) is 8.65. The van der Waals surface area contributed by atoms with Crippen LogP contribution in [0.2, 0.25) is 0 Å². The van der Waals surface area contributed by atoms with Gasteiger partial charge in [0.25, 0.3) is 0 Å². The first-order valence-corrected chi connectivity index (χ1v) is 9.12. The molecule has 2 heteroatoms. The number of piperidine rings is 1. The second-order valence-electron chi connectivity index (χ2n) is 7.70. The Labute approximate surface area is 133 Å². The standard InChI is InChI=1S/C20H27NO/c22-20(14-19-13-15-6-7-18(19)12-15)21-10-8-17(9-11-21)16-4-2-1-3-5-16/h1-5,15,17-19H,6-14H2. The summed E-state index contributed by atoms with van der Waals surface area (Å²) in [6, 6.07) is 10.8. The molecule has 3 aliphatic rings. The summed E-state index contributed by atoms with van der Waals surface area (Å²) >= 11 is 0. The van der Waals surface area contributed by atoms with Gasteiger partial charge in [-0.3, -0.25) is 4.79 Å². The van der Waals surface area contributed by atoms with Crippen molar-refractivity contribution in [2.45, 2.75) is 50.9 Å². The zero-order valence-corrected chi connectivity index (χ0v) is 13.4. The molecule has 1 heterocycles. The number of nitrogens with zero attached hydrogens (tertiary/aromatic N) is 1. The Morgan fingerprint density at radius 3 is 2.41 bits per heavy atom. The van der Waals surface area contributed by atoms with Crippen LogP contribution in [0, 0.1) is 17.8 Å². The maximum atomic E-state index is 12.6. The van der Waals surface area contributed by atoms with E-state index in [1.807, 2.05) is 0 Å². The highest BCUT2D eigenvalue weighted by Crippen LogP contribution is 2.49. The number of benzene rings is 1. The van der Waals surface area contributed by atoms with E-state index in [0.29, 0.717) is 17.7 Å². The molecule has 2 saturated carbocycles. The van der Waals surface area contributed by atoms with E-state index in [0.717, 1.165) is 44.2 Å². The van der Waals surface area contributed by atoms with Gasteiger partial charge >= 0.3 is 0 Å². The summed E-state index contributed by atoms with van der Waals surface area (Å²) in [4.78, 5) is 14.7. The van der Waals surface area contributed by atoms with Gasteiger partial charge in [0.05, 0.1) is 0 Å². The van der Waals surface area contributed by atoms with Gasteiger partial charge in [0.15, 0.2) is 0 Å². The molecule has 1 aliphatic heterocycles. The molecule has 3 atom stereocenters. The van der Waals surface area contributed by atoms with Crippen LogP contribution in [0.3, 0.4) is 0 Å². The first-order valence-electron chi connectivity index (χ1n) is 9.12. The number of fused-ring (bicyclic) bond motifs is 2. The number of hydrogen-bond acceptors (Lipinski definition) is 1. The lowest BCUT2D eigenvalue weighted by atomic mass is 9.85. The van der Waals surface area contributed by atoms with Crippen LogP contribution in [0.15, 0.2) is 30.3 Å². The molecule has 2 nitrogen and oxygen atoms in total. The van der Waals surface area contributed by atoms with Crippen LogP contribution >= 0.6 is 0 Å². The largest absolute Gasteiger partial charge is 0.343 e. The first-order chi connectivity index (χ1) is 10.8. The summed E-state index contributed by atoms with van der Waals surface area (Å²) < 4.78 is 0. The van der Waals surface area contributed by atoms with Gasteiger partial charge in [-0.2, -0.15) is 0 Å². The fourth-order valence-electron chi connectivity index (χ4n) is 5.17. The summed E-state index contributed by atoms with van der Waals surface area (Å²) in [7, 11) is 0. The molecule has 4 rings (SSSR count). The van der Waals surface area contributed by atoms with E-state index in [1.54, 1.807) is 0 Å². The van der Waals surface area contributed by atoms with Crippen molar-refractivity contribution in [3.63, 3.8) is 0 Å². The quantitative estimate of drug-likeness (QED) is 0.818. The highest BCUT2D eigenvalue weighted by molar-refractivity contribution is 5.76. The Morgan fingerprint density at radius 2 is 1.77 bits per heavy atom. The zero-order valence-electron chi connectivity index (χ0n) is 13.4. The lowest BCUT2D eigenvalue weighted by molar-refractivity contribution is -0.133. The fourth-order valence-corrected chi connectivity index (χ4v) is 5.17. The smallest absolute Gasteiger partial charge is 0.222 e. The molecule has 1 saturated heterocycles. The minimum atomic E-state index is 0.434. The molecule has 2 bridgehead atoms. The monoisotopic (exact) mass is 297 g/mol. The van der Waals surface area contributed by atoms with Crippen LogP contribution in [0.4, 0.5) is 0 Å². The molecule has 118 valence electrons. The SMILES string of the molecule is O=C(CC1CC2CCC1C2)N1CCC(c2ccccc2)CC1. The molecular weight excluding hydrogens is 270 g/mol. The second kappa shape index (κ2) is 6.06. The number of hydrogen-bond donors (Lipinski definition) is 0. The van der Waals surface area contributed by atoms with Crippen molar-refractivity contribution < 1.29 is 4.79 Å². The molecule has 2 aliphatic carbocycles. The predicted molar refractivity (Wildman–Crippen MR) is 88.6 cm³/mol. The maximum absolute atomic E-state index is 12.6. The van der Waals surface area contributed by atoms with E-state index < -0.39 is 0 Å². The predicted octanol–water partition coefficient (Wildman–Crippen LogP) is 4.22. The summed E-state index contributed by atoms with van der Waals surface area (Å²) in [5, 5.41) is 0. The number of rotatable bonds is 3. The van der Waals surface area contributed by atoms with E-state index in [4.69, 9.17) is 0 Å². The van der Waals surface area contributed by atoms with Crippen molar-refractivity contribution in [1.82, 2.24) is 4.90 Å². The van der Waals surface area contributed by atoms with Crippen molar-refractivity contribution in [1.29, 1.82) is 0 Å². The number of likely N-dealkylation sites (tertiary alicyclic amines) is 1. The molecule has 3 fully saturated rings. The van der Waals surface area contributed by atoms with Crippen molar-refractivity contribution in [2.75, 3.05) is 13.1 Å². The molecule has 22 heavy (non-hydrogen) atoms.